The van der Waals surface area contributed by atoms with Gasteiger partial charge in [0.2, 0.25) is 5.88 Å². The molecular formula is C16H10INO3. The minimum absolute atomic E-state index is 0.122. The highest BCUT2D eigenvalue weighted by Crippen LogP contribution is 2.30. The van der Waals surface area contributed by atoms with Gasteiger partial charge >= 0.3 is 5.97 Å². The molecular weight excluding hydrogens is 381 g/mol. The second-order valence-electron chi connectivity index (χ2n) is 4.38. The molecule has 2 aromatic carbocycles. The third kappa shape index (κ3) is 2.82. The van der Waals surface area contributed by atoms with Crippen molar-refractivity contribution in [3.63, 3.8) is 0 Å². The Labute approximate surface area is 134 Å². The summed E-state index contributed by atoms with van der Waals surface area (Å²) in [7, 11) is 0. The molecule has 21 heavy (non-hydrogen) atoms. The summed E-state index contributed by atoms with van der Waals surface area (Å²) in [6, 6.07) is 14.6. The topological polar surface area (TPSA) is 59.4 Å². The van der Waals surface area contributed by atoms with Gasteiger partial charge in [-0.05, 0) is 58.3 Å². The number of hydrogen-bond donors (Lipinski definition) is 1. The molecule has 0 fully saturated rings. The highest BCUT2D eigenvalue weighted by Gasteiger charge is 2.14. The number of carboxylic acids is 1. The van der Waals surface area contributed by atoms with Crippen molar-refractivity contribution in [1.29, 1.82) is 0 Å². The van der Waals surface area contributed by atoms with Gasteiger partial charge in [-0.3, -0.25) is 0 Å². The van der Waals surface area contributed by atoms with E-state index in [2.05, 4.69) is 27.6 Å². The number of rotatable bonds is 3. The number of fused-ring (bicyclic) bond motifs is 1. The standard InChI is InChI=1S/C16H10INO3/c17-11-5-6-14(13(9-11)16(19)20)21-15-12-4-2-1-3-10(12)7-8-18-15/h1-9H,(H,19,20). The Morgan fingerprint density at radius 1 is 1.14 bits per heavy atom. The van der Waals surface area contributed by atoms with Gasteiger partial charge in [0, 0.05) is 15.2 Å². The van der Waals surface area contributed by atoms with Crippen LogP contribution in [0.2, 0.25) is 0 Å². The van der Waals surface area contributed by atoms with Crippen molar-refractivity contribution in [1.82, 2.24) is 4.98 Å². The van der Waals surface area contributed by atoms with Crippen LogP contribution in [0.15, 0.2) is 54.7 Å². The van der Waals surface area contributed by atoms with Gasteiger partial charge in [-0.25, -0.2) is 9.78 Å². The molecule has 0 aliphatic rings. The largest absolute Gasteiger partial charge is 0.478 e. The summed E-state index contributed by atoms with van der Waals surface area (Å²) in [5.74, 6) is -0.340. The maximum absolute atomic E-state index is 11.3. The zero-order valence-electron chi connectivity index (χ0n) is 10.8. The Morgan fingerprint density at radius 2 is 1.95 bits per heavy atom. The lowest BCUT2D eigenvalue weighted by molar-refractivity contribution is 0.0694. The fourth-order valence-corrected chi connectivity index (χ4v) is 2.53. The molecule has 0 saturated heterocycles. The number of halogens is 1. The summed E-state index contributed by atoms with van der Waals surface area (Å²) in [5, 5.41) is 11.1. The first kappa shape index (κ1) is 13.8. The van der Waals surface area contributed by atoms with Crippen molar-refractivity contribution >= 4 is 39.3 Å². The van der Waals surface area contributed by atoms with E-state index in [0.29, 0.717) is 5.88 Å². The van der Waals surface area contributed by atoms with E-state index in [9.17, 15) is 9.90 Å². The van der Waals surface area contributed by atoms with E-state index in [-0.39, 0.29) is 11.3 Å². The number of aromatic carboxylic acids is 1. The second kappa shape index (κ2) is 5.69. The van der Waals surface area contributed by atoms with Crippen LogP contribution in [0.5, 0.6) is 11.6 Å². The average molecular weight is 391 g/mol. The molecule has 0 spiro atoms. The molecule has 5 heteroatoms. The maximum atomic E-state index is 11.3. The minimum Gasteiger partial charge on any atom is -0.478 e. The van der Waals surface area contributed by atoms with Crippen LogP contribution in [0, 0.1) is 3.57 Å². The van der Waals surface area contributed by atoms with Crippen LogP contribution < -0.4 is 4.74 Å². The molecule has 0 aliphatic carbocycles. The monoisotopic (exact) mass is 391 g/mol. The van der Waals surface area contributed by atoms with E-state index in [1.807, 2.05) is 30.3 Å². The first-order chi connectivity index (χ1) is 10.1. The average Bonchev–Trinajstić information content (AvgIpc) is 2.49. The smallest absolute Gasteiger partial charge is 0.339 e. The summed E-state index contributed by atoms with van der Waals surface area (Å²) in [6.07, 6.45) is 1.64. The lowest BCUT2D eigenvalue weighted by Crippen LogP contribution is -2.01. The number of carboxylic acid groups (broad SMARTS) is 1. The summed E-state index contributed by atoms with van der Waals surface area (Å²) < 4.78 is 6.58. The van der Waals surface area contributed by atoms with E-state index in [1.165, 1.54) is 0 Å². The number of carbonyl (C=O) groups is 1. The third-order valence-corrected chi connectivity index (χ3v) is 3.69. The Bertz CT molecular complexity index is 827. The van der Waals surface area contributed by atoms with E-state index in [1.54, 1.807) is 24.4 Å². The van der Waals surface area contributed by atoms with Gasteiger partial charge in [-0.15, -0.1) is 0 Å². The van der Waals surface area contributed by atoms with Crippen LogP contribution in [0.3, 0.4) is 0 Å². The maximum Gasteiger partial charge on any atom is 0.339 e. The molecule has 1 aromatic heterocycles. The number of benzene rings is 2. The van der Waals surface area contributed by atoms with Crippen molar-refractivity contribution in [3.8, 4) is 11.6 Å². The molecule has 0 aliphatic heterocycles. The first-order valence-corrected chi connectivity index (χ1v) is 7.27. The lowest BCUT2D eigenvalue weighted by Gasteiger charge is -2.10. The number of pyridine rings is 1. The van der Waals surface area contributed by atoms with E-state index in [4.69, 9.17) is 4.74 Å². The molecule has 104 valence electrons. The molecule has 0 radical (unpaired) electrons. The van der Waals surface area contributed by atoms with E-state index < -0.39 is 5.97 Å². The number of aromatic nitrogens is 1. The molecule has 3 rings (SSSR count). The van der Waals surface area contributed by atoms with Crippen molar-refractivity contribution in [2.45, 2.75) is 0 Å². The van der Waals surface area contributed by atoms with Gasteiger partial charge in [-0.2, -0.15) is 0 Å². The zero-order valence-corrected chi connectivity index (χ0v) is 12.9. The minimum atomic E-state index is -1.02. The first-order valence-electron chi connectivity index (χ1n) is 6.19. The summed E-state index contributed by atoms with van der Waals surface area (Å²) in [4.78, 5) is 15.5. The van der Waals surface area contributed by atoms with Crippen molar-refractivity contribution < 1.29 is 14.6 Å². The lowest BCUT2D eigenvalue weighted by atomic mass is 10.1. The van der Waals surface area contributed by atoms with Crippen molar-refractivity contribution in [3.05, 3.63) is 63.9 Å². The second-order valence-corrected chi connectivity index (χ2v) is 5.63. The quantitative estimate of drug-likeness (QED) is 0.676. The predicted molar refractivity (Wildman–Crippen MR) is 87.9 cm³/mol. The normalized spacial score (nSPS) is 10.5. The Kier molecular flexibility index (Phi) is 3.74. The Hall–Kier alpha value is -2.15. The molecule has 1 N–H and O–H groups in total. The SMILES string of the molecule is O=C(O)c1cc(I)ccc1Oc1nccc2ccccc12. The van der Waals surface area contributed by atoms with Gasteiger partial charge in [0.25, 0.3) is 0 Å². The fourth-order valence-electron chi connectivity index (χ4n) is 2.04. The highest BCUT2D eigenvalue weighted by molar-refractivity contribution is 14.1. The molecule has 1 heterocycles. The van der Waals surface area contributed by atoms with E-state index >= 15 is 0 Å². The van der Waals surface area contributed by atoms with Gasteiger partial charge in [0.15, 0.2) is 0 Å². The van der Waals surface area contributed by atoms with Crippen LogP contribution >= 0.6 is 22.6 Å². The Morgan fingerprint density at radius 3 is 2.76 bits per heavy atom. The fraction of sp³-hybridized carbons (Fsp3) is 0. The van der Waals surface area contributed by atoms with Gasteiger partial charge in [0.05, 0.1) is 0 Å². The molecule has 0 amide bonds. The van der Waals surface area contributed by atoms with Crippen LogP contribution in [0.25, 0.3) is 10.8 Å². The van der Waals surface area contributed by atoms with Crippen LogP contribution in [-0.2, 0) is 0 Å². The zero-order chi connectivity index (χ0) is 14.8. The van der Waals surface area contributed by atoms with Crippen molar-refractivity contribution in [2.75, 3.05) is 0 Å². The van der Waals surface area contributed by atoms with Gasteiger partial charge in [0.1, 0.15) is 11.3 Å². The summed E-state index contributed by atoms with van der Waals surface area (Å²) in [6.45, 7) is 0. The van der Waals surface area contributed by atoms with Crippen LogP contribution in [-0.4, -0.2) is 16.1 Å². The van der Waals surface area contributed by atoms with Crippen LogP contribution in [0.1, 0.15) is 10.4 Å². The number of ether oxygens (including phenoxy) is 1. The van der Waals surface area contributed by atoms with Gasteiger partial charge < -0.3 is 9.84 Å². The van der Waals surface area contributed by atoms with Crippen molar-refractivity contribution in [2.24, 2.45) is 0 Å². The molecule has 0 saturated carbocycles. The predicted octanol–water partition coefficient (Wildman–Crippen LogP) is 4.33. The Balaban J connectivity index is 2.09. The molecule has 0 bridgehead atoms. The highest BCUT2D eigenvalue weighted by atomic mass is 127. The molecule has 0 unspecified atom stereocenters. The molecule has 3 aromatic rings. The number of nitrogens with zero attached hydrogens (tertiary/aromatic N) is 1. The van der Waals surface area contributed by atoms with Crippen LogP contribution in [0.4, 0.5) is 0 Å². The summed E-state index contributed by atoms with van der Waals surface area (Å²) in [5.41, 5.74) is 0.122. The third-order valence-electron chi connectivity index (χ3n) is 3.02. The van der Waals surface area contributed by atoms with E-state index in [0.717, 1.165) is 14.3 Å². The molecule has 4 nitrogen and oxygen atoms in total. The number of hydrogen-bond acceptors (Lipinski definition) is 3. The molecule has 0 atom stereocenters. The van der Waals surface area contributed by atoms with Gasteiger partial charge in [-0.1, -0.05) is 18.2 Å². The summed E-state index contributed by atoms with van der Waals surface area (Å²) >= 11 is 2.07.